The van der Waals surface area contributed by atoms with Crippen molar-refractivity contribution in [2.24, 2.45) is 7.05 Å². The molecule has 1 N–H and O–H groups in total. The number of anilines is 1. The lowest BCUT2D eigenvalue weighted by atomic mass is 10.1. The number of nitrogens with zero attached hydrogens (tertiary/aromatic N) is 5. The molecule has 2 amide bonds. The molecule has 0 saturated carbocycles. The molecule has 5 rings (SSSR count). The number of hydrogen-bond donors (Lipinski definition) is 1. The Kier molecular flexibility index (Phi) is 7.01. The predicted molar refractivity (Wildman–Crippen MR) is 134 cm³/mol. The first kappa shape index (κ1) is 23.4. The van der Waals surface area contributed by atoms with E-state index in [0.717, 1.165) is 38.4 Å². The average Bonchev–Trinajstić information content (AvgIpc) is 3.51. The molecular weight excluding hydrogens is 464 g/mol. The molecule has 3 heterocycles. The number of fused-ring (bicyclic) bond motifs is 1. The van der Waals surface area contributed by atoms with Crippen LogP contribution >= 0.6 is 11.8 Å². The molecule has 1 saturated heterocycles. The molecule has 2 aliphatic rings. The van der Waals surface area contributed by atoms with E-state index in [-0.39, 0.29) is 17.6 Å². The number of nitrogens with one attached hydrogen (secondary N) is 1. The van der Waals surface area contributed by atoms with Crippen molar-refractivity contribution in [2.75, 3.05) is 43.9 Å². The first-order valence-corrected chi connectivity index (χ1v) is 12.7. The largest absolute Gasteiger partial charge is 0.493 e. The van der Waals surface area contributed by atoms with Crippen molar-refractivity contribution in [3.63, 3.8) is 0 Å². The average molecular weight is 493 g/mol. The van der Waals surface area contributed by atoms with Gasteiger partial charge in [0, 0.05) is 57.4 Å². The van der Waals surface area contributed by atoms with Crippen molar-refractivity contribution in [1.82, 2.24) is 24.6 Å². The van der Waals surface area contributed by atoms with E-state index < -0.39 is 0 Å². The van der Waals surface area contributed by atoms with Crippen LogP contribution in [0.25, 0.3) is 0 Å². The van der Waals surface area contributed by atoms with E-state index in [1.54, 1.807) is 35.2 Å². The van der Waals surface area contributed by atoms with E-state index in [0.29, 0.717) is 29.5 Å². The van der Waals surface area contributed by atoms with Crippen LogP contribution in [0.3, 0.4) is 0 Å². The molecule has 0 unspecified atom stereocenters. The lowest BCUT2D eigenvalue weighted by Gasteiger charge is -2.35. The molecule has 0 radical (unpaired) electrons. The number of aromatic nitrogens is 3. The molecule has 3 aromatic rings. The van der Waals surface area contributed by atoms with Gasteiger partial charge in [0.2, 0.25) is 5.91 Å². The molecule has 1 fully saturated rings. The van der Waals surface area contributed by atoms with Gasteiger partial charge in [-0.15, -0.1) is 10.2 Å². The number of aryl methyl sites for hydroxylation is 1. The van der Waals surface area contributed by atoms with Gasteiger partial charge in [-0.3, -0.25) is 14.5 Å². The fourth-order valence-electron chi connectivity index (χ4n) is 4.31. The fraction of sp³-hybridized carbons (Fsp3) is 0.360. The summed E-state index contributed by atoms with van der Waals surface area (Å²) in [5, 5.41) is 11.3. The lowest BCUT2D eigenvalue weighted by molar-refractivity contribution is -0.113. The summed E-state index contributed by atoms with van der Waals surface area (Å²) < 4.78 is 7.36. The van der Waals surface area contributed by atoms with Crippen LogP contribution in [0.1, 0.15) is 21.5 Å². The second-order valence-corrected chi connectivity index (χ2v) is 9.69. The third kappa shape index (κ3) is 5.66. The van der Waals surface area contributed by atoms with Crippen LogP contribution < -0.4 is 10.1 Å². The monoisotopic (exact) mass is 492 g/mol. The predicted octanol–water partition coefficient (Wildman–Crippen LogP) is 2.44. The Balaban J connectivity index is 1.08. The smallest absolute Gasteiger partial charge is 0.253 e. The number of hydrogen-bond acceptors (Lipinski definition) is 7. The zero-order valence-electron chi connectivity index (χ0n) is 19.6. The van der Waals surface area contributed by atoms with Crippen molar-refractivity contribution < 1.29 is 14.3 Å². The molecule has 0 spiro atoms. The van der Waals surface area contributed by atoms with Gasteiger partial charge in [0.05, 0.1) is 12.4 Å². The Hall–Kier alpha value is -3.37. The van der Waals surface area contributed by atoms with Gasteiger partial charge >= 0.3 is 0 Å². The van der Waals surface area contributed by atoms with Gasteiger partial charge in [0.15, 0.2) is 5.16 Å². The summed E-state index contributed by atoms with van der Waals surface area (Å²) in [6.07, 6.45) is 2.58. The lowest BCUT2D eigenvalue weighted by Crippen LogP contribution is -2.48. The number of thioether (sulfide) groups is 1. The third-order valence-corrected chi connectivity index (χ3v) is 7.27. The minimum Gasteiger partial charge on any atom is -0.493 e. The Morgan fingerprint density at radius 1 is 1.09 bits per heavy atom. The van der Waals surface area contributed by atoms with Crippen molar-refractivity contribution >= 4 is 29.3 Å². The zero-order valence-corrected chi connectivity index (χ0v) is 20.5. The maximum absolute atomic E-state index is 13.0. The number of carbonyl (C=O) groups is 2. The summed E-state index contributed by atoms with van der Waals surface area (Å²) in [5.41, 5.74) is 3.87. The molecule has 1 aromatic heterocycles. The van der Waals surface area contributed by atoms with Gasteiger partial charge in [-0.05, 0) is 41.5 Å². The minimum atomic E-state index is -0.135. The first-order valence-electron chi connectivity index (χ1n) is 11.7. The summed E-state index contributed by atoms with van der Waals surface area (Å²) in [7, 11) is 1.83. The van der Waals surface area contributed by atoms with Crippen LogP contribution in [0.5, 0.6) is 5.75 Å². The molecule has 0 bridgehead atoms. The molecule has 2 aromatic carbocycles. The Labute approximate surface area is 208 Å². The van der Waals surface area contributed by atoms with Crippen LogP contribution in [-0.2, 0) is 24.8 Å². The van der Waals surface area contributed by atoms with Gasteiger partial charge in [0.1, 0.15) is 12.1 Å². The quantitative estimate of drug-likeness (QED) is 0.507. The normalized spacial score (nSPS) is 15.5. The number of carbonyl (C=O) groups excluding carboxylic acids is 2. The van der Waals surface area contributed by atoms with E-state index in [1.165, 1.54) is 22.9 Å². The van der Waals surface area contributed by atoms with E-state index in [1.807, 2.05) is 11.9 Å². The summed E-state index contributed by atoms with van der Waals surface area (Å²) in [6, 6.07) is 13.5. The fourth-order valence-corrected chi connectivity index (χ4v) is 5.00. The number of benzene rings is 2. The van der Waals surface area contributed by atoms with Crippen molar-refractivity contribution in [2.45, 2.75) is 18.1 Å². The zero-order chi connectivity index (χ0) is 24.2. The van der Waals surface area contributed by atoms with Crippen molar-refractivity contribution in [3.8, 4) is 5.75 Å². The molecule has 0 aliphatic carbocycles. The van der Waals surface area contributed by atoms with E-state index >= 15 is 0 Å². The van der Waals surface area contributed by atoms with E-state index in [9.17, 15) is 9.59 Å². The SMILES string of the molecule is Cn1cnnc1SCC(=O)Nc1ccc(C(=O)N2CCN(Cc3ccc4c(c3)CCO4)CC2)cc1. The molecule has 9 nitrogen and oxygen atoms in total. The van der Waals surface area contributed by atoms with Crippen LogP contribution in [0.15, 0.2) is 53.9 Å². The number of rotatable bonds is 7. The molecule has 35 heavy (non-hydrogen) atoms. The first-order chi connectivity index (χ1) is 17.0. The Morgan fingerprint density at radius 3 is 2.63 bits per heavy atom. The van der Waals surface area contributed by atoms with Gasteiger partial charge < -0.3 is 19.5 Å². The summed E-state index contributed by atoms with van der Waals surface area (Å²) >= 11 is 1.32. The highest BCUT2D eigenvalue weighted by molar-refractivity contribution is 7.99. The van der Waals surface area contributed by atoms with Crippen LogP contribution in [-0.4, -0.2) is 74.9 Å². The van der Waals surface area contributed by atoms with Crippen LogP contribution in [0.2, 0.25) is 0 Å². The minimum absolute atomic E-state index is 0.0232. The number of amides is 2. The molecule has 2 aliphatic heterocycles. The summed E-state index contributed by atoms with van der Waals surface area (Å²) in [4.78, 5) is 29.5. The molecule has 10 heteroatoms. The van der Waals surface area contributed by atoms with Gasteiger partial charge in [0.25, 0.3) is 5.91 Å². The van der Waals surface area contributed by atoms with Crippen LogP contribution in [0.4, 0.5) is 5.69 Å². The summed E-state index contributed by atoms with van der Waals surface area (Å²) in [6.45, 7) is 4.75. The summed E-state index contributed by atoms with van der Waals surface area (Å²) in [5.74, 6) is 1.13. The Morgan fingerprint density at radius 2 is 1.89 bits per heavy atom. The van der Waals surface area contributed by atoms with E-state index in [4.69, 9.17) is 4.74 Å². The highest BCUT2D eigenvalue weighted by Gasteiger charge is 2.23. The maximum Gasteiger partial charge on any atom is 0.253 e. The highest BCUT2D eigenvalue weighted by atomic mass is 32.2. The molecular formula is C25H28N6O3S. The Bertz CT molecular complexity index is 1200. The van der Waals surface area contributed by atoms with Gasteiger partial charge in [-0.25, -0.2) is 0 Å². The number of piperazine rings is 1. The standard InChI is InChI=1S/C25H28N6O3S/c1-29-17-26-28-25(29)35-16-23(32)27-21-5-3-19(4-6-21)24(33)31-11-9-30(10-12-31)15-18-2-7-22-20(14-18)8-13-34-22/h2-7,14,17H,8-13,15-16H2,1H3,(H,27,32). The second kappa shape index (κ2) is 10.5. The topological polar surface area (TPSA) is 92.6 Å². The van der Waals surface area contributed by atoms with Gasteiger partial charge in [-0.1, -0.05) is 23.9 Å². The number of ether oxygens (including phenoxy) is 1. The van der Waals surface area contributed by atoms with Crippen LogP contribution in [0, 0.1) is 0 Å². The second-order valence-electron chi connectivity index (χ2n) is 8.75. The molecule has 182 valence electrons. The van der Waals surface area contributed by atoms with E-state index in [2.05, 4.69) is 38.6 Å². The van der Waals surface area contributed by atoms with Crippen molar-refractivity contribution in [1.29, 1.82) is 0 Å². The highest BCUT2D eigenvalue weighted by Crippen LogP contribution is 2.26. The third-order valence-electron chi connectivity index (χ3n) is 6.24. The van der Waals surface area contributed by atoms with Gasteiger partial charge in [-0.2, -0.15) is 0 Å². The van der Waals surface area contributed by atoms with Crippen molar-refractivity contribution in [3.05, 3.63) is 65.5 Å². The maximum atomic E-state index is 13.0. The molecule has 0 atom stereocenters.